The van der Waals surface area contributed by atoms with Crippen molar-refractivity contribution in [2.45, 2.75) is 19.3 Å². The van der Waals surface area contributed by atoms with Crippen molar-refractivity contribution in [2.75, 3.05) is 10.6 Å². The Kier molecular flexibility index (Phi) is 4.06. The van der Waals surface area contributed by atoms with Crippen LogP contribution in [0.2, 0.25) is 0 Å². The van der Waals surface area contributed by atoms with E-state index in [9.17, 15) is 18.4 Å². The van der Waals surface area contributed by atoms with E-state index in [4.69, 9.17) is 0 Å². The van der Waals surface area contributed by atoms with Crippen molar-refractivity contribution in [3.63, 3.8) is 0 Å². The molecule has 2 aromatic rings. The topological polar surface area (TPSA) is 58.2 Å². The van der Waals surface area contributed by atoms with Crippen LogP contribution in [0, 0.1) is 11.6 Å². The van der Waals surface area contributed by atoms with E-state index in [-0.39, 0.29) is 12.3 Å². The van der Waals surface area contributed by atoms with Gasteiger partial charge in [-0.3, -0.25) is 9.59 Å². The lowest BCUT2D eigenvalue weighted by Gasteiger charge is -2.17. The molecule has 118 valence electrons. The lowest BCUT2D eigenvalue weighted by Crippen LogP contribution is -2.20. The number of anilines is 2. The van der Waals surface area contributed by atoms with Gasteiger partial charge in [-0.2, -0.15) is 0 Å². The first-order valence-corrected chi connectivity index (χ1v) is 7.18. The number of nitrogens with one attached hydrogen (secondary N) is 2. The van der Waals surface area contributed by atoms with E-state index in [0.717, 1.165) is 23.4 Å². The molecule has 2 N–H and O–H groups in total. The van der Waals surface area contributed by atoms with Crippen molar-refractivity contribution in [3.8, 4) is 0 Å². The summed E-state index contributed by atoms with van der Waals surface area (Å²) >= 11 is 0. The fraction of sp³-hybridized carbons (Fsp3) is 0.176. The van der Waals surface area contributed by atoms with Crippen LogP contribution in [0.25, 0.3) is 0 Å². The van der Waals surface area contributed by atoms with Crippen LogP contribution in [0.5, 0.6) is 0 Å². The molecule has 6 heteroatoms. The Labute approximate surface area is 131 Å². The summed E-state index contributed by atoms with van der Waals surface area (Å²) in [5.74, 6) is -2.16. The number of aryl methyl sites for hydroxylation is 1. The predicted molar refractivity (Wildman–Crippen MR) is 82.1 cm³/mol. The summed E-state index contributed by atoms with van der Waals surface area (Å²) in [4.78, 5) is 23.3. The Balaban J connectivity index is 1.72. The minimum Gasteiger partial charge on any atom is -0.326 e. The molecule has 2 aromatic carbocycles. The van der Waals surface area contributed by atoms with Gasteiger partial charge in [0.05, 0.1) is 6.42 Å². The minimum atomic E-state index is -0.813. The zero-order valence-electron chi connectivity index (χ0n) is 12.2. The van der Waals surface area contributed by atoms with Crippen LogP contribution in [0.3, 0.4) is 0 Å². The zero-order chi connectivity index (χ0) is 16.4. The van der Waals surface area contributed by atoms with Gasteiger partial charge in [-0.25, -0.2) is 8.78 Å². The second-order valence-electron chi connectivity index (χ2n) is 5.36. The van der Waals surface area contributed by atoms with E-state index >= 15 is 0 Å². The maximum atomic E-state index is 13.5. The molecule has 23 heavy (non-hydrogen) atoms. The Hall–Kier alpha value is -2.76. The number of halogens is 2. The minimum absolute atomic E-state index is 0.00496. The maximum Gasteiger partial charge on any atom is 0.228 e. The van der Waals surface area contributed by atoms with Gasteiger partial charge in [0.2, 0.25) is 11.8 Å². The summed E-state index contributed by atoms with van der Waals surface area (Å²) in [7, 11) is 0. The number of carbonyl (C=O) groups excluding carboxylic acids is 2. The summed E-state index contributed by atoms with van der Waals surface area (Å²) in [5.41, 5.74) is 1.97. The second-order valence-corrected chi connectivity index (χ2v) is 5.36. The van der Waals surface area contributed by atoms with Gasteiger partial charge < -0.3 is 10.6 Å². The van der Waals surface area contributed by atoms with Gasteiger partial charge in [-0.15, -0.1) is 0 Å². The maximum absolute atomic E-state index is 13.5. The molecule has 0 atom stereocenters. The van der Waals surface area contributed by atoms with E-state index in [1.807, 2.05) is 6.07 Å². The number of para-hydroxylation sites is 1. The van der Waals surface area contributed by atoms with Crippen LogP contribution in [0.4, 0.5) is 20.2 Å². The SMILES string of the molecule is O=C1CCc2cc(CC(=O)Nc3c(F)cccc3F)ccc2N1. The second kappa shape index (κ2) is 6.16. The van der Waals surface area contributed by atoms with Crippen LogP contribution in [0.1, 0.15) is 17.5 Å². The number of carbonyl (C=O) groups is 2. The molecule has 0 unspecified atom stereocenters. The highest BCUT2D eigenvalue weighted by molar-refractivity contribution is 5.95. The third-order valence-corrected chi connectivity index (χ3v) is 3.66. The third-order valence-electron chi connectivity index (χ3n) is 3.66. The first kappa shape index (κ1) is 15.1. The molecule has 0 fully saturated rings. The number of fused-ring (bicyclic) bond motifs is 1. The summed E-state index contributed by atoms with van der Waals surface area (Å²) in [6.07, 6.45) is 1.01. The molecular weight excluding hydrogens is 302 g/mol. The zero-order valence-corrected chi connectivity index (χ0v) is 12.2. The predicted octanol–water partition coefficient (Wildman–Crippen LogP) is 3.03. The molecule has 0 saturated carbocycles. The standard InChI is InChI=1S/C17H14F2N2O2/c18-12-2-1-3-13(19)17(12)21-16(23)9-10-4-6-14-11(8-10)5-7-15(22)20-14/h1-4,6,8H,5,7,9H2,(H,20,22)(H,21,23). The Bertz CT molecular complexity index is 770. The molecule has 0 bridgehead atoms. The van der Waals surface area contributed by atoms with E-state index in [1.54, 1.807) is 12.1 Å². The fourth-order valence-corrected chi connectivity index (χ4v) is 2.53. The summed E-state index contributed by atoms with van der Waals surface area (Å²) in [5, 5.41) is 5.01. The highest BCUT2D eigenvalue weighted by Gasteiger charge is 2.16. The highest BCUT2D eigenvalue weighted by Crippen LogP contribution is 2.24. The molecule has 1 aliphatic heterocycles. The van der Waals surface area contributed by atoms with Crippen molar-refractivity contribution in [3.05, 3.63) is 59.2 Å². The number of hydrogen-bond donors (Lipinski definition) is 2. The van der Waals surface area contributed by atoms with Crippen molar-refractivity contribution in [1.29, 1.82) is 0 Å². The van der Waals surface area contributed by atoms with Gasteiger partial charge >= 0.3 is 0 Å². The van der Waals surface area contributed by atoms with Crippen molar-refractivity contribution in [2.24, 2.45) is 0 Å². The van der Waals surface area contributed by atoms with Gasteiger partial charge in [0.25, 0.3) is 0 Å². The van der Waals surface area contributed by atoms with Crippen LogP contribution >= 0.6 is 0 Å². The smallest absolute Gasteiger partial charge is 0.228 e. The van der Waals surface area contributed by atoms with Gasteiger partial charge in [0, 0.05) is 12.1 Å². The third kappa shape index (κ3) is 3.36. The average molecular weight is 316 g/mol. The molecule has 0 aromatic heterocycles. The summed E-state index contributed by atoms with van der Waals surface area (Å²) < 4.78 is 27.0. The van der Waals surface area contributed by atoms with Gasteiger partial charge in [0.15, 0.2) is 0 Å². The quantitative estimate of drug-likeness (QED) is 0.914. The van der Waals surface area contributed by atoms with E-state index in [1.165, 1.54) is 6.07 Å². The first-order valence-electron chi connectivity index (χ1n) is 7.18. The van der Waals surface area contributed by atoms with Crippen molar-refractivity contribution < 1.29 is 18.4 Å². The molecule has 4 nitrogen and oxygen atoms in total. The largest absolute Gasteiger partial charge is 0.326 e. The first-order chi connectivity index (χ1) is 11.0. The van der Waals surface area contributed by atoms with E-state index < -0.39 is 23.2 Å². The number of hydrogen-bond acceptors (Lipinski definition) is 2. The van der Waals surface area contributed by atoms with Crippen LogP contribution in [-0.4, -0.2) is 11.8 Å². The van der Waals surface area contributed by atoms with Crippen molar-refractivity contribution >= 4 is 23.2 Å². The monoisotopic (exact) mass is 316 g/mol. The number of rotatable bonds is 3. The molecule has 1 heterocycles. The molecular formula is C17H14F2N2O2. The van der Waals surface area contributed by atoms with E-state index in [2.05, 4.69) is 10.6 Å². The normalized spacial score (nSPS) is 13.2. The highest BCUT2D eigenvalue weighted by atomic mass is 19.1. The molecule has 0 saturated heterocycles. The summed E-state index contributed by atoms with van der Waals surface area (Å²) in [6, 6.07) is 8.67. The molecule has 0 spiro atoms. The van der Waals surface area contributed by atoms with Crippen LogP contribution < -0.4 is 10.6 Å². The lowest BCUT2D eigenvalue weighted by molar-refractivity contribution is -0.117. The molecule has 2 amide bonds. The Morgan fingerprint density at radius 3 is 2.61 bits per heavy atom. The fourth-order valence-electron chi connectivity index (χ4n) is 2.53. The van der Waals surface area contributed by atoms with Crippen molar-refractivity contribution in [1.82, 2.24) is 0 Å². The molecule has 0 radical (unpaired) electrons. The van der Waals surface area contributed by atoms with Gasteiger partial charge in [-0.1, -0.05) is 18.2 Å². The van der Waals surface area contributed by atoms with Crippen LogP contribution in [0.15, 0.2) is 36.4 Å². The molecule has 1 aliphatic rings. The lowest BCUT2D eigenvalue weighted by atomic mass is 9.99. The molecule has 0 aliphatic carbocycles. The average Bonchev–Trinajstić information content (AvgIpc) is 2.51. The Morgan fingerprint density at radius 1 is 1.13 bits per heavy atom. The van der Waals surface area contributed by atoms with Gasteiger partial charge in [0.1, 0.15) is 17.3 Å². The number of amides is 2. The number of benzene rings is 2. The van der Waals surface area contributed by atoms with E-state index in [0.29, 0.717) is 18.4 Å². The van der Waals surface area contributed by atoms with Crippen LogP contribution in [-0.2, 0) is 22.4 Å². The molecule has 3 rings (SSSR count). The summed E-state index contributed by atoms with van der Waals surface area (Å²) in [6.45, 7) is 0. The Morgan fingerprint density at radius 2 is 1.87 bits per heavy atom. The van der Waals surface area contributed by atoms with Gasteiger partial charge in [-0.05, 0) is 35.7 Å².